The number of nitrogens with zero attached hydrogens (tertiary/aromatic N) is 2. The van der Waals surface area contributed by atoms with E-state index >= 15 is 0 Å². The second kappa shape index (κ2) is 10.4. The first-order valence-corrected chi connectivity index (χ1v) is 13.0. The van der Waals surface area contributed by atoms with Gasteiger partial charge in [0.15, 0.2) is 11.6 Å². The maximum absolute atomic E-state index is 13.7. The van der Waals surface area contributed by atoms with Crippen LogP contribution in [0, 0.1) is 22.7 Å². The fraction of sp³-hybridized carbons (Fsp3) is 0. The summed E-state index contributed by atoms with van der Waals surface area (Å²) < 4.78 is 0. The molecule has 42 heavy (non-hydrogen) atoms. The Labute approximate surface area is 240 Å². The van der Waals surface area contributed by atoms with E-state index in [1.165, 1.54) is 48.5 Å². The molecule has 0 radical (unpaired) electrons. The summed E-state index contributed by atoms with van der Waals surface area (Å²) in [6.07, 6.45) is 0. The maximum Gasteiger partial charge on any atom is 0.196 e. The Kier molecular flexibility index (Phi) is 6.43. The van der Waals surface area contributed by atoms with Gasteiger partial charge in [0, 0.05) is 22.3 Å². The van der Waals surface area contributed by atoms with Crippen LogP contribution >= 0.6 is 0 Å². The number of rotatable bonds is 5. The molecule has 0 saturated heterocycles. The molecule has 2 N–H and O–H groups in total. The number of carbonyl (C=O) groups is 2. The van der Waals surface area contributed by atoms with Crippen molar-refractivity contribution in [3.8, 4) is 34.8 Å². The van der Waals surface area contributed by atoms with Gasteiger partial charge >= 0.3 is 0 Å². The normalized spacial score (nSPS) is 10.7. The van der Waals surface area contributed by atoms with Crippen LogP contribution < -0.4 is 0 Å². The Balaban J connectivity index is 1.64. The highest BCUT2D eigenvalue weighted by atomic mass is 16.3. The van der Waals surface area contributed by atoms with Crippen molar-refractivity contribution in [2.24, 2.45) is 0 Å². The van der Waals surface area contributed by atoms with Crippen LogP contribution in [0.2, 0.25) is 0 Å². The number of hydrogen-bond acceptors (Lipinski definition) is 6. The molecule has 0 atom stereocenters. The van der Waals surface area contributed by atoms with Gasteiger partial charge in [0.05, 0.1) is 34.4 Å². The number of ketones is 2. The molecule has 0 fully saturated rings. The van der Waals surface area contributed by atoms with E-state index in [2.05, 4.69) is 0 Å². The molecule has 0 aromatic heterocycles. The third kappa shape index (κ3) is 4.30. The molecule has 0 aliphatic heterocycles. The number of aromatic hydroxyl groups is 2. The molecule has 6 aromatic rings. The van der Waals surface area contributed by atoms with E-state index in [9.17, 15) is 19.8 Å². The lowest BCUT2D eigenvalue weighted by molar-refractivity contribution is 0.102. The molecule has 0 saturated carbocycles. The Morgan fingerprint density at radius 2 is 0.881 bits per heavy atom. The minimum atomic E-state index is -0.461. The van der Waals surface area contributed by atoms with E-state index in [1.54, 1.807) is 48.5 Å². The van der Waals surface area contributed by atoms with Gasteiger partial charge in [-0.25, -0.2) is 0 Å². The first kappa shape index (κ1) is 26.0. The van der Waals surface area contributed by atoms with Gasteiger partial charge in [0.2, 0.25) is 0 Å². The van der Waals surface area contributed by atoms with Crippen molar-refractivity contribution in [3.05, 3.63) is 143 Å². The summed E-state index contributed by atoms with van der Waals surface area (Å²) in [5.41, 5.74) is 1.82. The molecular weight excluding hydrogens is 524 g/mol. The molecule has 6 aromatic carbocycles. The number of phenolic OH excluding ortho intramolecular Hbond substituents is 2. The Bertz CT molecular complexity index is 1990. The molecule has 0 unspecified atom stereocenters. The molecule has 6 nitrogen and oxygen atoms in total. The highest BCUT2D eigenvalue weighted by Gasteiger charge is 2.26. The maximum atomic E-state index is 13.7. The first-order chi connectivity index (χ1) is 20.4. The minimum Gasteiger partial charge on any atom is -0.507 e. The lowest BCUT2D eigenvalue weighted by Crippen LogP contribution is -2.05. The van der Waals surface area contributed by atoms with E-state index in [0.29, 0.717) is 32.7 Å². The lowest BCUT2D eigenvalue weighted by Gasteiger charge is -2.18. The van der Waals surface area contributed by atoms with E-state index in [4.69, 9.17) is 10.5 Å². The number of nitriles is 2. The molecule has 0 bridgehead atoms. The smallest absolute Gasteiger partial charge is 0.196 e. The van der Waals surface area contributed by atoms with Crippen molar-refractivity contribution in [2.45, 2.75) is 0 Å². The summed E-state index contributed by atoms with van der Waals surface area (Å²) in [6.45, 7) is 0. The van der Waals surface area contributed by atoms with Crippen molar-refractivity contribution in [2.75, 3.05) is 0 Å². The van der Waals surface area contributed by atoms with Crippen LogP contribution in [-0.2, 0) is 0 Å². The van der Waals surface area contributed by atoms with Gasteiger partial charge in [0.25, 0.3) is 0 Å². The number of fused-ring (bicyclic) bond motifs is 2. The second-order valence-electron chi connectivity index (χ2n) is 9.77. The van der Waals surface area contributed by atoms with E-state index in [0.717, 1.165) is 0 Å². The van der Waals surface area contributed by atoms with Crippen LogP contribution in [-0.4, -0.2) is 21.8 Å². The molecule has 0 aliphatic carbocycles. The fourth-order valence-electron chi connectivity index (χ4n) is 5.23. The van der Waals surface area contributed by atoms with Gasteiger partial charge in [-0.2, -0.15) is 10.5 Å². The Morgan fingerprint density at radius 1 is 0.524 bits per heavy atom. The molecular formula is C36H20N2O4. The summed E-state index contributed by atoms with van der Waals surface area (Å²) in [6, 6.07) is 33.8. The fourth-order valence-corrected chi connectivity index (χ4v) is 5.23. The highest BCUT2D eigenvalue weighted by molar-refractivity contribution is 6.21. The van der Waals surface area contributed by atoms with Crippen LogP contribution in [0.15, 0.2) is 109 Å². The number of hydrogen-bond donors (Lipinski definition) is 2. The van der Waals surface area contributed by atoms with Gasteiger partial charge in [-0.05, 0) is 82.2 Å². The highest BCUT2D eigenvalue weighted by Crippen LogP contribution is 2.48. The van der Waals surface area contributed by atoms with Crippen molar-refractivity contribution in [1.82, 2.24) is 0 Å². The average molecular weight is 545 g/mol. The van der Waals surface area contributed by atoms with Gasteiger partial charge < -0.3 is 10.2 Å². The van der Waals surface area contributed by atoms with Gasteiger partial charge in [-0.1, -0.05) is 48.5 Å². The monoisotopic (exact) mass is 544 g/mol. The van der Waals surface area contributed by atoms with Crippen molar-refractivity contribution in [3.63, 3.8) is 0 Å². The molecule has 6 heteroatoms. The standard InChI is InChI=1S/C36H20N2O4/c37-19-21-9-13-23(14-10-21)33(39)29-17-25-5-1-3-7-27(25)31(35(29)41)32-28-8-4-2-6-26(28)18-30(36(32)42)34(40)24-15-11-22(20-38)12-16-24/h1-18,41-42H. The molecule has 0 aliphatic rings. The van der Waals surface area contributed by atoms with Crippen molar-refractivity contribution in [1.29, 1.82) is 10.5 Å². The molecule has 0 heterocycles. The zero-order chi connectivity index (χ0) is 29.4. The van der Waals surface area contributed by atoms with Crippen molar-refractivity contribution < 1.29 is 19.8 Å². The van der Waals surface area contributed by atoms with E-state index < -0.39 is 11.6 Å². The summed E-state index contributed by atoms with van der Waals surface area (Å²) >= 11 is 0. The first-order valence-electron chi connectivity index (χ1n) is 13.0. The second-order valence-corrected chi connectivity index (χ2v) is 9.77. The quantitative estimate of drug-likeness (QED) is 0.220. The lowest BCUT2D eigenvalue weighted by atomic mass is 9.86. The summed E-state index contributed by atoms with van der Waals surface area (Å²) in [5, 5.41) is 44.3. The zero-order valence-electron chi connectivity index (χ0n) is 22.0. The molecule has 198 valence electrons. The Morgan fingerprint density at radius 3 is 1.24 bits per heavy atom. The Hall–Kier alpha value is -6.24. The van der Waals surface area contributed by atoms with Crippen LogP contribution in [0.5, 0.6) is 11.5 Å². The van der Waals surface area contributed by atoms with E-state index in [1.807, 2.05) is 24.3 Å². The van der Waals surface area contributed by atoms with Crippen molar-refractivity contribution >= 4 is 33.1 Å². The zero-order valence-corrected chi connectivity index (χ0v) is 22.0. The van der Waals surface area contributed by atoms with Crippen LogP contribution in [0.1, 0.15) is 43.0 Å². The van der Waals surface area contributed by atoms with Gasteiger partial charge in [-0.3, -0.25) is 9.59 Å². The molecule has 0 spiro atoms. The molecule has 0 amide bonds. The summed E-state index contributed by atoms with van der Waals surface area (Å²) in [4.78, 5) is 27.3. The van der Waals surface area contributed by atoms with Crippen LogP contribution in [0.25, 0.3) is 32.7 Å². The topological polar surface area (TPSA) is 122 Å². The number of carbonyl (C=O) groups excluding carboxylic acids is 2. The van der Waals surface area contributed by atoms with Gasteiger partial charge in [-0.15, -0.1) is 0 Å². The summed E-state index contributed by atoms with van der Waals surface area (Å²) in [7, 11) is 0. The van der Waals surface area contributed by atoms with Crippen LogP contribution in [0.3, 0.4) is 0 Å². The predicted octanol–water partition coefficient (Wildman–Crippen LogP) is 7.28. The minimum absolute atomic E-state index is 0.0145. The SMILES string of the molecule is N#Cc1ccc(C(=O)c2cc3ccccc3c(-c3c(O)c(C(=O)c4ccc(C#N)cc4)cc4ccccc34)c2O)cc1. The summed E-state index contributed by atoms with van der Waals surface area (Å²) in [5.74, 6) is -1.60. The third-order valence-electron chi connectivity index (χ3n) is 7.34. The number of phenols is 2. The third-order valence-corrected chi connectivity index (χ3v) is 7.34. The molecule has 6 rings (SSSR count). The van der Waals surface area contributed by atoms with Gasteiger partial charge in [0.1, 0.15) is 11.5 Å². The predicted molar refractivity (Wildman–Crippen MR) is 159 cm³/mol. The van der Waals surface area contributed by atoms with Crippen LogP contribution in [0.4, 0.5) is 0 Å². The largest absolute Gasteiger partial charge is 0.507 e. The number of benzene rings is 6. The average Bonchev–Trinajstić information content (AvgIpc) is 3.04. The van der Waals surface area contributed by atoms with E-state index in [-0.39, 0.29) is 44.9 Å².